The lowest BCUT2D eigenvalue weighted by molar-refractivity contribution is -0.123. The number of rotatable bonds is 7. The third kappa shape index (κ3) is 5.99. The van der Waals surface area contributed by atoms with Crippen LogP contribution in [0.3, 0.4) is 0 Å². The number of nitrogens with zero attached hydrogens (tertiary/aromatic N) is 2. The second-order valence-electron chi connectivity index (χ2n) is 8.73. The zero-order chi connectivity index (χ0) is 21.6. The van der Waals surface area contributed by atoms with Gasteiger partial charge in [-0.2, -0.15) is 11.3 Å². The maximum absolute atomic E-state index is 12.9. The van der Waals surface area contributed by atoms with Crippen LogP contribution in [-0.2, 0) is 11.3 Å². The molecule has 2 aliphatic heterocycles. The molecule has 0 bridgehead atoms. The van der Waals surface area contributed by atoms with Crippen LogP contribution in [0.4, 0.5) is 0 Å². The number of amides is 1. The molecule has 1 fully saturated rings. The molecule has 3 heterocycles. The number of carbonyl (C=O) groups excluding carboxylic acids is 1. The minimum Gasteiger partial charge on any atom is -0.490 e. The van der Waals surface area contributed by atoms with Gasteiger partial charge in [0.2, 0.25) is 5.91 Å². The van der Waals surface area contributed by atoms with Gasteiger partial charge >= 0.3 is 0 Å². The molecule has 31 heavy (non-hydrogen) atoms. The van der Waals surface area contributed by atoms with E-state index in [4.69, 9.17) is 9.47 Å². The molecule has 1 aromatic heterocycles. The average molecular weight is 444 g/mol. The van der Waals surface area contributed by atoms with Gasteiger partial charge in [0.25, 0.3) is 0 Å². The van der Waals surface area contributed by atoms with Gasteiger partial charge in [-0.15, -0.1) is 0 Å². The Morgan fingerprint density at radius 1 is 1.06 bits per heavy atom. The van der Waals surface area contributed by atoms with Crippen LogP contribution in [0.2, 0.25) is 0 Å². The molecule has 4 rings (SSSR count). The van der Waals surface area contributed by atoms with E-state index >= 15 is 0 Å². The molecular formula is C24H33N3O3S. The van der Waals surface area contributed by atoms with Crippen molar-refractivity contribution in [2.24, 2.45) is 5.92 Å². The Morgan fingerprint density at radius 2 is 1.81 bits per heavy atom. The molecule has 168 valence electrons. The summed E-state index contributed by atoms with van der Waals surface area (Å²) in [5.74, 6) is 1.92. The van der Waals surface area contributed by atoms with Crippen molar-refractivity contribution in [2.75, 3.05) is 45.9 Å². The van der Waals surface area contributed by atoms with Gasteiger partial charge < -0.3 is 14.8 Å². The molecule has 0 spiro atoms. The van der Waals surface area contributed by atoms with Crippen molar-refractivity contribution in [1.29, 1.82) is 0 Å². The Hall–Kier alpha value is -2.09. The van der Waals surface area contributed by atoms with E-state index in [-0.39, 0.29) is 17.9 Å². The summed E-state index contributed by atoms with van der Waals surface area (Å²) in [6, 6.07) is 8.17. The van der Waals surface area contributed by atoms with E-state index in [0.29, 0.717) is 19.8 Å². The lowest BCUT2D eigenvalue weighted by Crippen LogP contribution is -2.49. The van der Waals surface area contributed by atoms with Gasteiger partial charge in [-0.25, -0.2) is 0 Å². The van der Waals surface area contributed by atoms with Crippen LogP contribution in [0.25, 0.3) is 0 Å². The molecule has 1 atom stereocenters. The summed E-state index contributed by atoms with van der Waals surface area (Å²) in [5, 5.41) is 7.60. The van der Waals surface area contributed by atoms with Crippen molar-refractivity contribution < 1.29 is 14.3 Å². The fourth-order valence-corrected chi connectivity index (χ4v) is 4.84. The van der Waals surface area contributed by atoms with Crippen molar-refractivity contribution in [2.45, 2.75) is 32.9 Å². The summed E-state index contributed by atoms with van der Waals surface area (Å²) in [5.41, 5.74) is 2.44. The Labute approximate surface area is 189 Å². The van der Waals surface area contributed by atoms with Crippen LogP contribution >= 0.6 is 11.3 Å². The number of benzene rings is 1. The Balaban J connectivity index is 1.31. The lowest BCUT2D eigenvalue weighted by Gasteiger charge is -2.34. The Morgan fingerprint density at radius 3 is 2.52 bits per heavy atom. The van der Waals surface area contributed by atoms with Gasteiger partial charge in [-0.05, 0) is 46.0 Å². The number of piperazine rings is 1. The molecule has 0 aliphatic carbocycles. The predicted octanol–water partition coefficient (Wildman–Crippen LogP) is 3.54. The van der Waals surface area contributed by atoms with E-state index in [1.165, 1.54) is 5.56 Å². The maximum atomic E-state index is 12.9. The summed E-state index contributed by atoms with van der Waals surface area (Å²) in [6.07, 6.45) is 0.884. The molecule has 6 nitrogen and oxygen atoms in total. The summed E-state index contributed by atoms with van der Waals surface area (Å²) >= 11 is 1.75. The predicted molar refractivity (Wildman–Crippen MR) is 124 cm³/mol. The van der Waals surface area contributed by atoms with Gasteiger partial charge in [0.1, 0.15) is 0 Å². The summed E-state index contributed by atoms with van der Waals surface area (Å²) in [7, 11) is 0. The molecular weight excluding hydrogens is 410 g/mol. The third-order valence-corrected chi connectivity index (χ3v) is 6.66. The molecule has 2 aliphatic rings. The fourth-order valence-electron chi connectivity index (χ4n) is 4.18. The zero-order valence-electron chi connectivity index (χ0n) is 18.5. The van der Waals surface area contributed by atoms with Crippen molar-refractivity contribution in [3.8, 4) is 11.5 Å². The smallest absolute Gasteiger partial charge is 0.234 e. The highest BCUT2D eigenvalue weighted by Crippen LogP contribution is 2.34. The zero-order valence-corrected chi connectivity index (χ0v) is 19.3. The molecule has 1 N–H and O–H groups in total. The number of carbonyl (C=O) groups is 1. The highest BCUT2D eigenvalue weighted by atomic mass is 32.1. The van der Waals surface area contributed by atoms with Crippen LogP contribution in [0, 0.1) is 5.92 Å². The number of fused-ring (bicyclic) bond motifs is 1. The molecule has 1 saturated heterocycles. The third-order valence-electron chi connectivity index (χ3n) is 5.93. The van der Waals surface area contributed by atoms with E-state index in [9.17, 15) is 4.79 Å². The Kier molecular flexibility index (Phi) is 7.48. The molecule has 1 amide bonds. The summed E-state index contributed by atoms with van der Waals surface area (Å²) in [6.45, 7) is 10.9. The van der Waals surface area contributed by atoms with Crippen molar-refractivity contribution in [1.82, 2.24) is 15.1 Å². The van der Waals surface area contributed by atoms with Gasteiger partial charge in [-0.1, -0.05) is 19.9 Å². The van der Waals surface area contributed by atoms with E-state index < -0.39 is 0 Å². The van der Waals surface area contributed by atoms with Crippen molar-refractivity contribution in [3.05, 3.63) is 46.2 Å². The molecule has 0 unspecified atom stereocenters. The molecule has 2 aromatic rings. The van der Waals surface area contributed by atoms with E-state index in [1.54, 1.807) is 11.3 Å². The van der Waals surface area contributed by atoms with E-state index in [2.05, 4.69) is 45.8 Å². The maximum Gasteiger partial charge on any atom is 0.234 e. The molecule has 0 saturated carbocycles. The number of hydrogen-bond acceptors (Lipinski definition) is 6. The topological polar surface area (TPSA) is 54.0 Å². The monoisotopic (exact) mass is 443 g/mol. The van der Waals surface area contributed by atoms with Gasteiger partial charge in [0, 0.05) is 39.1 Å². The summed E-state index contributed by atoms with van der Waals surface area (Å²) in [4.78, 5) is 17.6. The Bertz CT molecular complexity index is 848. The number of hydrogen-bond donors (Lipinski definition) is 1. The second-order valence-corrected chi connectivity index (χ2v) is 9.51. The standard InChI is InChI=1S/C24H33N3O3S/c1-18(2)24(20-4-5-21-22(14-20)30-12-3-11-29-21)25-23(28)16-27-9-7-26(8-10-27)15-19-6-13-31-17-19/h4-6,13-14,17-18,24H,3,7-12,15-16H2,1-2H3,(H,25,28)/t24-/m1/s1. The van der Waals surface area contributed by atoms with Crippen LogP contribution in [0.1, 0.15) is 37.4 Å². The SMILES string of the molecule is CC(C)[C@@H](NC(=O)CN1CCN(Cc2ccsc2)CC1)c1ccc2c(c1)OCCCO2. The highest BCUT2D eigenvalue weighted by Gasteiger charge is 2.24. The first-order valence-corrected chi connectivity index (χ1v) is 12.2. The number of ether oxygens (including phenoxy) is 2. The fraction of sp³-hybridized carbons (Fsp3) is 0.542. The number of nitrogens with one attached hydrogen (secondary N) is 1. The normalized spacial score (nSPS) is 18.5. The first-order valence-electron chi connectivity index (χ1n) is 11.2. The van der Waals surface area contributed by atoms with Crippen LogP contribution < -0.4 is 14.8 Å². The second kappa shape index (κ2) is 10.5. The largest absolute Gasteiger partial charge is 0.490 e. The highest BCUT2D eigenvalue weighted by molar-refractivity contribution is 7.07. The van der Waals surface area contributed by atoms with Gasteiger partial charge in [0.05, 0.1) is 25.8 Å². The quantitative estimate of drug-likeness (QED) is 0.709. The molecule has 7 heteroatoms. The van der Waals surface area contributed by atoms with Crippen molar-refractivity contribution >= 4 is 17.2 Å². The first kappa shape index (κ1) is 22.1. The summed E-state index contributed by atoms with van der Waals surface area (Å²) < 4.78 is 11.6. The van der Waals surface area contributed by atoms with Crippen LogP contribution in [0.5, 0.6) is 11.5 Å². The van der Waals surface area contributed by atoms with Crippen LogP contribution in [-0.4, -0.2) is 61.6 Å². The minimum absolute atomic E-state index is 0.0514. The van der Waals surface area contributed by atoms with Gasteiger partial charge in [-0.3, -0.25) is 14.6 Å². The average Bonchev–Trinajstić information content (AvgIpc) is 3.15. The lowest BCUT2D eigenvalue weighted by atomic mass is 9.95. The van der Waals surface area contributed by atoms with Crippen LogP contribution in [0.15, 0.2) is 35.0 Å². The minimum atomic E-state index is -0.0514. The molecule has 1 aromatic carbocycles. The first-order chi connectivity index (χ1) is 15.1. The number of thiophene rings is 1. The van der Waals surface area contributed by atoms with Gasteiger partial charge in [0.15, 0.2) is 11.5 Å². The molecule has 0 radical (unpaired) electrons. The van der Waals surface area contributed by atoms with E-state index in [0.717, 1.165) is 56.2 Å². The van der Waals surface area contributed by atoms with Crippen molar-refractivity contribution in [3.63, 3.8) is 0 Å². The van der Waals surface area contributed by atoms with E-state index in [1.807, 2.05) is 18.2 Å².